The fourth-order valence-electron chi connectivity index (χ4n) is 2.03. The highest BCUT2D eigenvalue weighted by Gasteiger charge is 2.13. The minimum absolute atomic E-state index is 0.0381. The summed E-state index contributed by atoms with van der Waals surface area (Å²) >= 11 is 0. The summed E-state index contributed by atoms with van der Waals surface area (Å²) < 4.78 is 5.49. The number of anilines is 1. The second-order valence-electron chi connectivity index (χ2n) is 4.45. The molecular formula is C13H17N3O2. The van der Waals surface area contributed by atoms with E-state index in [1.165, 1.54) is 6.07 Å². The van der Waals surface area contributed by atoms with E-state index in [1.54, 1.807) is 6.92 Å². The molecule has 5 heteroatoms. The standard InChI is InChI=1S/C13H17N3O2/c1-7-5-11(9(3)18-7)8(2)14-12-6-13(17)16-10(4)15-12/h5-6,8H,1-4H3,(H2,14,15,16,17). The number of furan rings is 1. The Labute approximate surface area is 105 Å². The lowest BCUT2D eigenvalue weighted by Gasteiger charge is -2.13. The molecule has 2 aromatic rings. The first-order valence-electron chi connectivity index (χ1n) is 5.87. The van der Waals surface area contributed by atoms with Crippen LogP contribution >= 0.6 is 0 Å². The van der Waals surface area contributed by atoms with Gasteiger partial charge < -0.3 is 14.7 Å². The zero-order chi connectivity index (χ0) is 13.3. The highest BCUT2D eigenvalue weighted by molar-refractivity contribution is 5.38. The molecule has 0 fully saturated rings. The van der Waals surface area contributed by atoms with E-state index in [9.17, 15) is 4.79 Å². The molecule has 0 saturated carbocycles. The smallest absolute Gasteiger partial charge is 0.252 e. The SMILES string of the molecule is Cc1nc(NC(C)c2cc(C)oc2C)cc(=O)[nH]1. The molecular weight excluding hydrogens is 230 g/mol. The third kappa shape index (κ3) is 2.61. The van der Waals surface area contributed by atoms with Gasteiger partial charge in [0.15, 0.2) is 0 Å². The molecule has 18 heavy (non-hydrogen) atoms. The summed E-state index contributed by atoms with van der Waals surface area (Å²) in [5.74, 6) is 2.93. The van der Waals surface area contributed by atoms with Crippen LogP contribution in [0.15, 0.2) is 21.3 Å². The van der Waals surface area contributed by atoms with Crippen LogP contribution in [0.5, 0.6) is 0 Å². The largest absolute Gasteiger partial charge is 0.466 e. The molecule has 1 unspecified atom stereocenters. The van der Waals surface area contributed by atoms with E-state index in [0.29, 0.717) is 11.6 Å². The number of aromatic nitrogens is 2. The summed E-state index contributed by atoms with van der Waals surface area (Å²) in [7, 11) is 0. The minimum atomic E-state index is -0.155. The number of nitrogens with zero attached hydrogens (tertiary/aromatic N) is 1. The lowest BCUT2D eigenvalue weighted by molar-refractivity contribution is 0.499. The number of hydrogen-bond acceptors (Lipinski definition) is 4. The summed E-state index contributed by atoms with van der Waals surface area (Å²) in [6.45, 7) is 7.61. The molecule has 0 bridgehead atoms. The fourth-order valence-corrected chi connectivity index (χ4v) is 2.03. The van der Waals surface area contributed by atoms with Crippen molar-refractivity contribution in [2.45, 2.75) is 33.7 Å². The summed E-state index contributed by atoms with van der Waals surface area (Å²) in [6, 6.07) is 3.48. The van der Waals surface area contributed by atoms with Gasteiger partial charge in [-0.15, -0.1) is 0 Å². The molecule has 0 spiro atoms. The fraction of sp³-hybridized carbons (Fsp3) is 0.385. The third-order valence-corrected chi connectivity index (χ3v) is 2.77. The maximum Gasteiger partial charge on any atom is 0.252 e. The topological polar surface area (TPSA) is 70.9 Å². The van der Waals surface area contributed by atoms with Crippen LogP contribution in [0, 0.1) is 20.8 Å². The van der Waals surface area contributed by atoms with E-state index in [2.05, 4.69) is 15.3 Å². The van der Waals surface area contributed by atoms with Gasteiger partial charge in [0, 0.05) is 11.6 Å². The highest BCUT2D eigenvalue weighted by atomic mass is 16.3. The molecule has 0 aliphatic rings. The van der Waals surface area contributed by atoms with Crippen LogP contribution in [-0.4, -0.2) is 9.97 Å². The zero-order valence-corrected chi connectivity index (χ0v) is 11.0. The van der Waals surface area contributed by atoms with Crippen molar-refractivity contribution in [1.82, 2.24) is 9.97 Å². The Hall–Kier alpha value is -2.04. The monoisotopic (exact) mass is 247 g/mol. The van der Waals surface area contributed by atoms with Gasteiger partial charge in [0.05, 0.1) is 6.04 Å². The maximum absolute atomic E-state index is 11.3. The molecule has 0 saturated heterocycles. The number of aryl methyl sites for hydroxylation is 3. The Balaban J connectivity index is 2.23. The quantitative estimate of drug-likeness (QED) is 0.874. The van der Waals surface area contributed by atoms with Crippen LogP contribution in [0.4, 0.5) is 5.82 Å². The number of H-pyrrole nitrogens is 1. The lowest BCUT2D eigenvalue weighted by atomic mass is 10.1. The second kappa shape index (κ2) is 4.68. The molecule has 0 amide bonds. The van der Waals surface area contributed by atoms with Crippen molar-refractivity contribution in [2.24, 2.45) is 0 Å². The van der Waals surface area contributed by atoms with Gasteiger partial charge in [-0.2, -0.15) is 0 Å². The van der Waals surface area contributed by atoms with E-state index in [0.717, 1.165) is 17.1 Å². The van der Waals surface area contributed by atoms with Gasteiger partial charge >= 0.3 is 0 Å². The van der Waals surface area contributed by atoms with E-state index < -0.39 is 0 Å². The van der Waals surface area contributed by atoms with Crippen LogP contribution in [0.1, 0.15) is 35.9 Å². The highest BCUT2D eigenvalue weighted by Crippen LogP contribution is 2.23. The van der Waals surface area contributed by atoms with E-state index in [1.807, 2.05) is 26.8 Å². The first-order valence-corrected chi connectivity index (χ1v) is 5.87. The lowest BCUT2D eigenvalue weighted by Crippen LogP contribution is -2.14. The van der Waals surface area contributed by atoms with Crippen molar-refractivity contribution in [1.29, 1.82) is 0 Å². The third-order valence-electron chi connectivity index (χ3n) is 2.77. The normalized spacial score (nSPS) is 12.4. The van der Waals surface area contributed by atoms with Crippen LogP contribution in [-0.2, 0) is 0 Å². The molecule has 5 nitrogen and oxygen atoms in total. The van der Waals surface area contributed by atoms with Crippen molar-refractivity contribution in [3.05, 3.63) is 45.4 Å². The van der Waals surface area contributed by atoms with Gasteiger partial charge in [-0.25, -0.2) is 4.98 Å². The Morgan fingerprint density at radius 3 is 2.61 bits per heavy atom. The van der Waals surface area contributed by atoms with Gasteiger partial charge in [-0.1, -0.05) is 0 Å². The Morgan fingerprint density at radius 1 is 1.33 bits per heavy atom. The Bertz CT molecular complexity index is 613. The number of hydrogen-bond donors (Lipinski definition) is 2. The van der Waals surface area contributed by atoms with Gasteiger partial charge in [0.2, 0.25) is 0 Å². The first kappa shape index (κ1) is 12.4. The zero-order valence-electron chi connectivity index (χ0n) is 11.0. The van der Waals surface area contributed by atoms with E-state index >= 15 is 0 Å². The molecule has 2 N–H and O–H groups in total. The summed E-state index contributed by atoms with van der Waals surface area (Å²) in [5, 5.41) is 3.20. The van der Waals surface area contributed by atoms with Crippen LogP contribution < -0.4 is 10.9 Å². The van der Waals surface area contributed by atoms with Gasteiger partial charge in [0.1, 0.15) is 23.2 Å². The predicted molar refractivity (Wildman–Crippen MR) is 69.8 cm³/mol. The number of aromatic amines is 1. The van der Waals surface area contributed by atoms with Crippen LogP contribution in [0.2, 0.25) is 0 Å². The molecule has 2 heterocycles. The average Bonchev–Trinajstić information content (AvgIpc) is 2.56. The molecule has 96 valence electrons. The molecule has 0 radical (unpaired) electrons. The number of nitrogens with one attached hydrogen (secondary N) is 2. The molecule has 1 atom stereocenters. The van der Waals surface area contributed by atoms with Crippen LogP contribution in [0.25, 0.3) is 0 Å². The van der Waals surface area contributed by atoms with Crippen LogP contribution in [0.3, 0.4) is 0 Å². The Morgan fingerprint density at radius 2 is 2.06 bits per heavy atom. The molecule has 2 rings (SSSR count). The van der Waals surface area contributed by atoms with Gasteiger partial charge in [0.25, 0.3) is 5.56 Å². The first-order chi connectivity index (χ1) is 8.45. The molecule has 0 aliphatic heterocycles. The van der Waals surface area contributed by atoms with E-state index in [-0.39, 0.29) is 11.6 Å². The van der Waals surface area contributed by atoms with Gasteiger partial charge in [-0.3, -0.25) is 4.79 Å². The summed E-state index contributed by atoms with van der Waals surface area (Å²) in [6.07, 6.45) is 0. The number of rotatable bonds is 3. The van der Waals surface area contributed by atoms with Crippen molar-refractivity contribution in [3.8, 4) is 0 Å². The van der Waals surface area contributed by atoms with E-state index in [4.69, 9.17) is 4.42 Å². The van der Waals surface area contributed by atoms with Crippen molar-refractivity contribution in [3.63, 3.8) is 0 Å². The minimum Gasteiger partial charge on any atom is -0.466 e. The van der Waals surface area contributed by atoms with Crippen molar-refractivity contribution in [2.75, 3.05) is 5.32 Å². The summed E-state index contributed by atoms with van der Waals surface area (Å²) in [4.78, 5) is 18.2. The molecule has 0 aliphatic carbocycles. The molecule has 0 aromatic carbocycles. The predicted octanol–water partition coefficient (Wildman–Crippen LogP) is 2.46. The van der Waals surface area contributed by atoms with Crippen molar-refractivity contribution < 1.29 is 4.42 Å². The van der Waals surface area contributed by atoms with Crippen molar-refractivity contribution >= 4 is 5.82 Å². The second-order valence-corrected chi connectivity index (χ2v) is 4.45. The Kier molecular flexibility index (Phi) is 3.23. The van der Waals surface area contributed by atoms with Gasteiger partial charge in [-0.05, 0) is 33.8 Å². The maximum atomic E-state index is 11.3. The summed E-state index contributed by atoms with van der Waals surface area (Å²) in [5.41, 5.74) is 0.921. The average molecular weight is 247 g/mol. The molecule has 2 aromatic heterocycles.